The van der Waals surface area contributed by atoms with Gasteiger partial charge in [0.05, 0.1) is 0 Å². The van der Waals surface area contributed by atoms with Crippen molar-refractivity contribution in [3.63, 3.8) is 0 Å². The molecule has 1 atom stereocenters. The molecular weight excluding hydrogens is 273 g/mol. The van der Waals surface area contributed by atoms with E-state index in [1.807, 2.05) is 18.2 Å². The zero-order valence-electron chi connectivity index (χ0n) is 8.98. The quantitative estimate of drug-likeness (QED) is 0.887. The molecule has 0 aliphatic heterocycles. The Morgan fingerprint density at radius 3 is 2.80 bits per heavy atom. The fraction of sp³-hybridized carbons (Fsp3) is 0.500. The van der Waals surface area contributed by atoms with Crippen molar-refractivity contribution < 1.29 is 0 Å². The van der Waals surface area contributed by atoms with Gasteiger partial charge in [-0.1, -0.05) is 41.4 Å². The number of hydrogen-bond donors (Lipinski definition) is 1. The Hall–Kier alpha value is -0.0500. The van der Waals surface area contributed by atoms with Gasteiger partial charge in [0, 0.05) is 22.1 Å². The molecule has 0 heterocycles. The van der Waals surface area contributed by atoms with Crippen LogP contribution in [0, 0.1) is 5.41 Å². The molecule has 1 aliphatic rings. The van der Waals surface area contributed by atoms with Crippen molar-refractivity contribution in [1.29, 1.82) is 0 Å². The van der Waals surface area contributed by atoms with Crippen LogP contribution in [0.2, 0.25) is 5.02 Å². The van der Waals surface area contributed by atoms with Gasteiger partial charge in [0.2, 0.25) is 0 Å². The maximum Gasteiger partial charge on any atom is 0.0410 e. The Morgan fingerprint density at radius 1 is 1.53 bits per heavy atom. The van der Waals surface area contributed by atoms with Crippen molar-refractivity contribution in [3.05, 3.63) is 33.3 Å². The van der Waals surface area contributed by atoms with Crippen LogP contribution >= 0.6 is 27.5 Å². The molecule has 0 amide bonds. The molecule has 1 aromatic carbocycles. The zero-order chi connectivity index (χ0) is 11.1. The van der Waals surface area contributed by atoms with Crippen LogP contribution in [0.1, 0.15) is 25.8 Å². The zero-order valence-corrected chi connectivity index (χ0v) is 11.3. The average Bonchev–Trinajstić information content (AvgIpc) is 2.76. The molecule has 3 heteroatoms. The highest BCUT2D eigenvalue weighted by molar-refractivity contribution is 9.10. The van der Waals surface area contributed by atoms with E-state index in [0.717, 1.165) is 16.0 Å². The van der Waals surface area contributed by atoms with Gasteiger partial charge in [-0.05, 0) is 35.6 Å². The van der Waals surface area contributed by atoms with Crippen LogP contribution in [-0.2, 0) is 6.54 Å². The number of hydrogen-bond acceptors (Lipinski definition) is 1. The summed E-state index contributed by atoms with van der Waals surface area (Å²) in [6.45, 7) is 5.46. The summed E-state index contributed by atoms with van der Waals surface area (Å²) in [7, 11) is 0. The molecule has 0 saturated heterocycles. The lowest BCUT2D eigenvalue weighted by atomic mass is 10.2. The largest absolute Gasteiger partial charge is 0.309 e. The lowest BCUT2D eigenvalue weighted by molar-refractivity contribution is 0.541. The second-order valence-corrected chi connectivity index (χ2v) is 6.15. The Bertz CT molecular complexity index is 376. The monoisotopic (exact) mass is 287 g/mol. The topological polar surface area (TPSA) is 12.0 Å². The third-order valence-corrected chi connectivity index (χ3v) is 4.07. The number of nitrogens with one attached hydrogen (secondary N) is 1. The molecule has 1 aliphatic carbocycles. The van der Waals surface area contributed by atoms with Crippen LogP contribution in [0.15, 0.2) is 22.7 Å². The molecule has 82 valence electrons. The van der Waals surface area contributed by atoms with E-state index < -0.39 is 0 Å². The molecule has 2 rings (SSSR count). The summed E-state index contributed by atoms with van der Waals surface area (Å²) in [5.74, 6) is 0. The fourth-order valence-electron chi connectivity index (χ4n) is 1.73. The standard InChI is InChI=1S/C12H15BrClN/c1-12(2)6-11(12)15-7-8-5-9(14)3-4-10(8)13/h3-5,11,15H,6-7H2,1-2H3. The Morgan fingerprint density at radius 2 is 2.20 bits per heavy atom. The summed E-state index contributed by atoms with van der Waals surface area (Å²) in [4.78, 5) is 0. The van der Waals surface area contributed by atoms with Gasteiger partial charge in [-0.15, -0.1) is 0 Å². The van der Waals surface area contributed by atoms with Gasteiger partial charge in [0.25, 0.3) is 0 Å². The highest BCUT2D eigenvalue weighted by Crippen LogP contribution is 2.44. The van der Waals surface area contributed by atoms with E-state index in [1.54, 1.807) is 0 Å². The molecule has 1 nitrogen and oxygen atoms in total. The summed E-state index contributed by atoms with van der Waals surface area (Å²) >= 11 is 9.49. The Balaban J connectivity index is 1.96. The van der Waals surface area contributed by atoms with Crippen LogP contribution in [-0.4, -0.2) is 6.04 Å². The minimum Gasteiger partial charge on any atom is -0.309 e. The van der Waals surface area contributed by atoms with E-state index in [0.29, 0.717) is 11.5 Å². The molecule has 1 N–H and O–H groups in total. The molecule has 0 aromatic heterocycles. The van der Waals surface area contributed by atoms with Crippen molar-refractivity contribution in [2.75, 3.05) is 0 Å². The first kappa shape index (κ1) is 11.4. The van der Waals surface area contributed by atoms with Crippen LogP contribution in [0.5, 0.6) is 0 Å². The molecule has 0 spiro atoms. The van der Waals surface area contributed by atoms with Crippen LogP contribution in [0.4, 0.5) is 0 Å². The maximum absolute atomic E-state index is 5.96. The molecule has 0 radical (unpaired) electrons. The van der Waals surface area contributed by atoms with Gasteiger partial charge in [0.1, 0.15) is 0 Å². The first-order chi connectivity index (χ1) is 6.99. The summed E-state index contributed by atoms with van der Waals surface area (Å²) in [5.41, 5.74) is 1.70. The molecule has 1 aromatic rings. The van der Waals surface area contributed by atoms with Crippen molar-refractivity contribution in [2.45, 2.75) is 32.9 Å². The Labute approximate surface area is 104 Å². The van der Waals surface area contributed by atoms with Crippen molar-refractivity contribution >= 4 is 27.5 Å². The van der Waals surface area contributed by atoms with Crippen LogP contribution < -0.4 is 5.32 Å². The molecular formula is C12H15BrClN. The SMILES string of the molecule is CC1(C)CC1NCc1cc(Cl)ccc1Br. The van der Waals surface area contributed by atoms with Gasteiger partial charge in [-0.2, -0.15) is 0 Å². The van der Waals surface area contributed by atoms with E-state index in [2.05, 4.69) is 35.1 Å². The highest BCUT2D eigenvalue weighted by atomic mass is 79.9. The fourth-order valence-corrected chi connectivity index (χ4v) is 2.31. The molecule has 1 saturated carbocycles. The second kappa shape index (κ2) is 4.08. The van der Waals surface area contributed by atoms with E-state index in [9.17, 15) is 0 Å². The van der Waals surface area contributed by atoms with Crippen LogP contribution in [0.25, 0.3) is 0 Å². The first-order valence-electron chi connectivity index (χ1n) is 5.16. The van der Waals surface area contributed by atoms with Gasteiger partial charge < -0.3 is 5.32 Å². The van der Waals surface area contributed by atoms with E-state index in [-0.39, 0.29) is 0 Å². The Kier molecular flexibility index (Phi) is 3.11. The van der Waals surface area contributed by atoms with E-state index in [4.69, 9.17) is 11.6 Å². The van der Waals surface area contributed by atoms with Gasteiger partial charge >= 0.3 is 0 Å². The average molecular weight is 289 g/mol. The van der Waals surface area contributed by atoms with Crippen molar-refractivity contribution in [1.82, 2.24) is 5.32 Å². The molecule has 1 unspecified atom stereocenters. The summed E-state index contributed by atoms with van der Waals surface area (Å²) in [5, 5.41) is 4.34. The second-order valence-electron chi connectivity index (χ2n) is 4.86. The molecule has 0 bridgehead atoms. The van der Waals surface area contributed by atoms with Gasteiger partial charge in [-0.25, -0.2) is 0 Å². The lowest BCUT2D eigenvalue weighted by Gasteiger charge is -2.08. The summed E-state index contributed by atoms with van der Waals surface area (Å²) < 4.78 is 1.12. The summed E-state index contributed by atoms with van der Waals surface area (Å²) in [6, 6.07) is 6.56. The minimum atomic E-state index is 0.477. The maximum atomic E-state index is 5.96. The molecule has 1 fully saturated rings. The predicted molar refractivity (Wildman–Crippen MR) is 68.2 cm³/mol. The van der Waals surface area contributed by atoms with E-state index >= 15 is 0 Å². The first-order valence-corrected chi connectivity index (χ1v) is 6.33. The summed E-state index contributed by atoms with van der Waals surface area (Å²) in [6.07, 6.45) is 1.27. The minimum absolute atomic E-state index is 0.477. The van der Waals surface area contributed by atoms with Gasteiger partial charge in [0.15, 0.2) is 0 Å². The number of benzene rings is 1. The smallest absolute Gasteiger partial charge is 0.0410 e. The highest BCUT2D eigenvalue weighted by Gasteiger charge is 2.44. The van der Waals surface area contributed by atoms with Crippen molar-refractivity contribution in [2.24, 2.45) is 5.41 Å². The number of rotatable bonds is 3. The number of halogens is 2. The lowest BCUT2D eigenvalue weighted by Crippen LogP contribution is -2.20. The third kappa shape index (κ3) is 2.74. The molecule has 15 heavy (non-hydrogen) atoms. The van der Waals surface area contributed by atoms with Crippen LogP contribution in [0.3, 0.4) is 0 Å². The third-order valence-electron chi connectivity index (χ3n) is 3.06. The van der Waals surface area contributed by atoms with Gasteiger partial charge in [-0.3, -0.25) is 0 Å². The normalized spacial score (nSPS) is 22.8. The predicted octanol–water partition coefficient (Wildman–Crippen LogP) is 3.99. The van der Waals surface area contributed by atoms with E-state index in [1.165, 1.54) is 12.0 Å². The van der Waals surface area contributed by atoms with Crippen molar-refractivity contribution in [3.8, 4) is 0 Å².